The van der Waals surface area contributed by atoms with E-state index in [0.29, 0.717) is 18.9 Å². The van der Waals surface area contributed by atoms with Crippen LogP contribution in [0.25, 0.3) is 11.3 Å². The van der Waals surface area contributed by atoms with Gasteiger partial charge in [-0.05, 0) is 12.1 Å². The minimum Gasteiger partial charge on any atom is -0.493 e. The van der Waals surface area contributed by atoms with E-state index < -0.39 is 0 Å². The lowest BCUT2D eigenvalue weighted by Crippen LogP contribution is -2.08. The first-order chi connectivity index (χ1) is 9.40. The highest BCUT2D eigenvalue weighted by Gasteiger charge is 2.20. The Morgan fingerprint density at radius 1 is 1.26 bits per heavy atom. The van der Waals surface area contributed by atoms with Crippen LogP contribution in [0.3, 0.4) is 0 Å². The molecule has 0 amide bonds. The summed E-state index contributed by atoms with van der Waals surface area (Å²) >= 11 is 0. The van der Waals surface area contributed by atoms with Gasteiger partial charge < -0.3 is 14.6 Å². The number of benzene rings is 1. The maximum Gasteiger partial charge on any atom is 0.220 e. The van der Waals surface area contributed by atoms with Gasteiger partial charge in [0.2, 0.25) is 5.88 Å². The lowest BCUT2D eigenvalue weighted by atomic mass is 10.1. The van der Waals surface area contributed by atoms with E-state index in [1.165, 1.54) is 6.33 Å². The van der Waals surface area contributed by atoms with E-state index in [-0.39, 0.29) is 13.2 Å². The molecule has 0 aliphatic carbocycles. The molecular formula is C14H14N2O3. The zero-order valence-corrected chi connectivity index (χ0v) is 10.4. The molecule has 1 aliphatic heterocycles. The largest absolute Gasteiger partial charge is 0.493 e. The van der Waals surface area contributed by atoms with Crippen LogP contribution in [0, 0.1) is 0 Å². The second kappa shape index (κ2) is 5.24. The third-order valence-corrected chi connectivity index (χ3v) is 2.99. The molecule has 0 spiro atoms. The van der Waals surface area contributed by atoms with Crippen molar-refractivity contribution in [2.24, 2.45) is 0 Å². The van der Waals surface area contributed by atoms with Gasteiger partial charge >= 0.3 is 0 Å². The number of nitrogens with zero attached hydrogens (tertiary/aromatic N) is 2. The van der Waals surface area contributed by atoms with Crippen LogP contribution in [0.4, 0.5) is 0 Å². The Morgan fingerprint density at radius 3 is 3.05 bits per heavy atom. The molecule has 1 N–H and O–H groups in total. The second-order valence-electron chi connectivity index (χ2n) is 4.17. The summed E-state index contributed by atoms with van der Waals surface area (Å²) in [4.78, 5) is 8.50. The predicted molar refractivity (Wildman–Crippen MR) is 69.2 cm³/mol. The van der Waals surface area contributed by atoms with Crippen LogP contribution in [-0.2, 0) is 6.42 Å². The first-order valence-electron chi connectivity index (χ1n) is 6.20. The average molecular weight is 258 g/mol. The Balaban J connectivity index is 2.09. The smallest absolute Gasteiger partial charge is 0.220 e. The molecule has 5 nitrogen and oxygen atoms in total. The van der Waals surface area contributed by atoms with Crippen LogP contribution in [0.5, 0.6) is 11.6 Å². The van der Waals surface area contributed by atoms with Crippen molar-refractivity contribution < 1.29 is 14.6 Å². The van der Waals surface area contributed by atoms with Crippen molar-refractivity contribution in [3.05, 3.63) is 36.2 Å². The van der Waals surface area contributed by atoms with Gasteiger partial charge in [-0.15, -0.1) is 0 Å². The molecule has 1 aromatic carbocycles. The summed E-state index contributed by atoms with van der Waals surface area (Å²) in [6.45, 7) is 0.755. The van der Waals surface area contributed by atoms with Gasteiger partial charge in [-0.25, -0.2) is 9.97 Å². The Hall–Kier alpha value is -2.14. The fourth-order valence-corrected chi connectivity index (χ4v) is 2.17. The van der Waals surface area contributed by atoms with Crippen molar-refractivity contribution in [1.29, 1.82) is 0 Å². The molecule has 3 rings (SSSR count). The number of aromatic nitrogens is 2. The summed E-state index contributed by atoms with van der Waals surface area (Å²) in [6, 6.07) is 7.80. The lowest BCUT2D eigenvalue weighted by molar-refractivity contribution is 0.195. The normalized spacial score (nSPS) is 12.9. The fraction of sp³-hybridized carbons (Fsp3) is 0.286. The number of aliphatic hydroxyl groups excluding tert-OH is 1. The van der Waals surface area contributed by atoms with Crippen LogP contribution in [0.1, 0.15) is 5.56 Å². The Labute approximate surface area is 110 Å². The van der Waals surface area contributed by atoms with Crippen LogP contribution >= 0.6 is 0 Å². The third-order valence-electron chi connectivity index (χ3n) is 2.99. The summed E-state index contributed by atoms with van der Waals surface area (Å²) in [5.41, 5.74) is 2.73. The SMILES string of the molecule is OCCOc1ncnc2c1CCOc1ccccc1-2. The highest BCUT2D eigenvalue weighted by Crippen LogP contribution is 2.36. The lowest BCUT2D eigenvalue weighted by Gasteiger charge is -2.10. The predicted octanol–water partition coefficient (Wildman–Crippen LogP) is 1.45. The molecule has 0 unspecified atom stereocenters. The zero-order chi connectivity index (χ0) is 13.1. The monoisotopic (exact) mass is 258 g/mol. The molecule has 0 radical (unpaired) electrons. The van der Waals surface area contributed by atoms with Gasteiger partial charge in [-0.1, -0.05) is 12.1 Å². The number of rotatable bonds is 3. The standard InChI is InChI=1S/C14H14N2O3/c17-6-8-19-14-11-5-7-18-12-4-2-1-3-10(12)13(11)15-9-16-14/h1-4,9,17H,5-8H2. The molecule has 1 aliphatic rings. The second-order valence-corrected chi connectivity index (χ2v) is 4.17. The van der Waals surface area contributed by atoms with E-state index >= 15 is 0 Å². The summed E-state index contributed by atoms with van der Waals surface area (Å²) in [6.07, 6.45) is 2.17. The van der Waals surface area contributed by atoms with E-state index in [1.54, 1.807) is 0 Å². The van der Waals surface area contributed by atoms with Gasteiger partial charge in [-0.2, -0.15) is 0 Å². The number of hydrogen-bond donors (Lipinski definition) is 1. The molecule has 19 heavy (non-hydrogen) atoms. The van der Waals surface area contributed by atoms with E-state index in [1.807, 2.05) is 24.3 Å². The van der Waals surface area contributed by atoms with E-state index in [0.717, 1.165) is 22.6 Å². The highest BCUT2D eigenvalue weighted by atomic mass is 16.5. The molecule has 5 heteroatoms. The van der Waals surface area contributed by atoms with Crippen molar-refractivity contribution >= 4 is 0 Å². The third kappa shape index (κ3) is 2.24. The summed E-state index contributed by atoms with van der Waals surface area (Å²) in [5.74, 6) is 1.35. The van der Waals surface area contributed by atoms with Gasteiger partial charge in [-0.3, -0.25) is 0 Å². The molecule has 0 saturated carbocycles. The van der Waals surface area contributed by atoms with Gasteiger partial charge in [0.25, 0.3) is 0 Å². The van der Waals surface area contributed by atoms with Crippen molar-refractivity contribution in [3.63, 3.8) is 0 Å². The highest BCUT2D eigenvalue weighted by molar-refractivity contribution is 5.71. The van der Waals surface area contributed by atoms with Gasteiger partial charge in [0, 0.05) is 17.5 Å². The molecule has 0 atom stereocenters. The van der Waals surface area contributed by atoms with Gasteiger partial charge in [0.15, 0.2) is 0 Å². The Bertz CT molecular complexity index is 587. The molecule has 1 aromatic heterocycles. The minimum atomic E-state index is -0.0359. The van der Waals surface area contributed by atoms with Gasteiger partial charge in [0.1, 0.15) is 18.7 Å². The van der Waals surface area contributed by atoms with Crippen LogP contribution in [-0.4, -0.2) is 34.9 Å². The van der Waals surface area contributed by atoms with E-state index in [2.05, 4.69) is 9.97 Å². The van der Waals surface area contributed by atoms with Crippen LogP contribution in [0.15, 0.2) is 30.6 Å². The summed E-state index contributed by atoms with van der Waals surface area (Å²) < 4.78 is 11.2. The molecule has 98 valence electrons. The fourth-order valence-electron chi connectivity index (χ4n) is 2.17. The molecule has 0 fully saturated rings. The van der Waals surface area contributed by atoms with Crippen LogP contribution < -0.4 is 9.47 Å². The van der Waals surface area contributed by atoms with Crippen LogP contribution in [0.2, 0.25) is 0 Å². The minimum absolute atomic E-state index is 0.0359. The number of hydrogen-bond acceptors (Lipinski definition) is 5. The maximum atomic E-state index is 8.85. The molecule has 2 heterocycles. The number of para-hydroxylation sites is 1. The van der Waals surface area contributed by atoms with Crippen molar-refractivity contribution in [2.45, 2.75) is 6.42 Å². The number of fused-ring (bicyclic) bond motifs is 3. The first-order valence-corrected chi connectivity index (χ1v) is 6.20. The molecule has 2 aromatic rings. The topological polar surface area (TPSA) is 64.5 Å². The van der Waals surface area contributed by atoms with Crippen molar-refractivity contribution in [3.8, 4) is 22.9 Å². The molecule has 0 saturated heterocycles. The van der Waals surface area contributed by atoms with E-state index in [9.17, 15) is 0 Å². The first kappa shape index (κ1) is 11.9. The maximum absolute atomic E-state index is 8.85. The quantitative estimate of drug-likeness (QED) is 0.902. The summed E-state index contributed by atoms with van der Waals surface area (Å²) in [7, 11) is 0. The molecule has 0 bridgehead atoms. The number of aliphatic hydroxyl groups is 1. The zero-order valence-electron chi connectivity index (χ0n) is 10.4. The average Bonchev–Trinajstić information content (AvgIpc) is 2.65. The van der Waals surface area contributed by atoms with Crippen molar-refractivity contribution in [1.82, 2.24) is 9.97 Å². The Kier molecular flexibility index (Phi) is 3.29. The summed E-state index contributed by atoms with van der Waals surface area (Å²) in [5, 5.41) is 8.85. The molecular weight excluding hydrogens is 244 g/mol. The Morgan fingerprint density at radius 2 is 2.16 bits per heavy atom. The van der Waals surface area contributed by atoms with E-state index in [4.69, 9.17) is 14.6 Å². The van der Waals surface area contributed by atoms with Gasteiger partial charge in [0.05, 0.1) is 18.9 Å². The number of ether oxygens (including phenoxy) is 2. The van der Waals surface area contributed by atoms with Crippen molar-refractivity contribution in [2.75, 3.05) is 19.8 Å².